The van der Waals surface area contributed by atoms with E-state index in [1.807, 2.05) is 84.2 Å². The van der Waals surface area contributed by atoms with Gasteiger partial charge < -0.3 is 18.8 Å². The van der Waals surface area contributed by atoms with E-state index in [-0.39, 0.29) is 11.0 Å². The number of methoxy groups -OCH3 is 3. The van der Waals surface area contributed by atoms with Gasteiger partial charge in [0.15, 0.2) is 16.9 Å². The fraction of sp³-hybridized carbons (Fsp3) is 0.515. The summed E-state index contributed by atoms with van der Waals surface area (Å²) in [6.07, 6.45) is 4.28. The fourth-order valence-electron chi connectivity index (χ4n) is 3.16. The molecule has 0 N–H and O–H groups in total. The number of aromatic nitrogens is 1. The number of aryl methyl sites for hydroxylation is 1. The van der Waals surface area contributed by atoms with E-state index in [4.69, 9.17) is 14.2 Å². The Morgan fingerprint density at radius 3 is 1.95 bits per heavy atom. The molecule has 2 rings (SSSR count). The van der Waals surface area contributed by atoms with E-state index in [9.17, 15) is 9.59 Å². The summed E-state index contributed by atoms with van der Waals surface area (Å²) in [5.74, 6) is 1.40. The average Bonchev–Trinajstić information content (AvgIpc) is 2.95. The van der Waals surface area contributed by atoms with Gasteiger partial charge in [-0.05, 0) is 42.6 Å². The minimum absolute atomic E-state index is 0.0193. The highest BCUT2D eigenvalue weighted by Gasteiger charge is 2.16. The maximum Gasteiger partial charge on any atom is 0.343 e. The Morgan fingerprint density at radius 2 is 1.51 bits per heavy atom. The molecular weight excluding hydrogens is 490 g/mol. The van der Waals surface area contributed by atoms with Crippen LogP contribution in [0.2, 0.25) is 0 Å². The minimum Gasteiger partial charge on any atom is -0.493 e. The zero-order valence-electron chi connectivity index (χ0n) is 27.2. The number of carbonyl (C=O) groups excluding carboxylic acids is 1. The minimum atomic E-state index is -0.640. The van der Waals surface area contributed by atoms with Crippen molar-refractivity contribution in [3.8, 4) is 11.5 Å². The molecule has 0 spiro atoms. The standard InChI is InChI=1S/C23H27NO5.C4H10.3C2H6/c1-7-11-24-14-18(23(26)29-6)20(25)13-19(24)16(3)12-15(2)17-9-8-10-21(27-4)22(17)28-5;1-4(2)3;3*1-2/h8-10,12-14H,2,7,11H2,1,3-6H3;4H,1-3H3;3*1-2H3/b16-12+;;;;. The Hall–Kier alpha value is -3.28. The zero-order chi connectivity index (χ0) is 31.1. The molecule has 2 aromatic rings. The van der Waals surface area contributed by atoms with Gasteiger partial charge in [0, 0.05) is 30.1 Å². The van der Waals surface area contributed by atoms with Crippen LogP contribution in [0, 0.1) is 5.92 Å². The van der Waals surface area contributed by atoms with Gasteiger partial charge in [0.1, 0.15) is 5.56 Å². The second kappa shape index (κ2) is 23.8. The molecule has 0 aliphatic carbocycles. The fourth-order valence-corrected chi connectivity index (χ4v) is 3.16. The smallest absolute Gasteiger partial charge is 0.343 e. The third-order valence-electron chi connectivity index (χ3n) is 4.54. The van der Waals surface area contributed by atoms with Crippen molar-refractivity contribution in [3.63, 3.8) is 0 Å². The van der Waals surface area contributed by atoms with Gasteiger partial charge in [0.2, 0.25) is 0 Å². The van der Waals surface area contributed by atoms with Crippen LogP contribution < -0.4 is 14.9 Å². The summed E-state index contributed by atoms with van der Waals surface area (Å²) in [7, 11) is 4.42. The quantitative estimate of drug-likeness (QED) is 0.245. The van der Waals surface area contributed by atoms with Crippen LogP contribution in [0.25, 0.3) is 11.1 Å². The molecule has 1 aromatic carbocycles. The Balaban J connectivity index is -0.00000114. The predicted octanol–water partition coefficient (Wildman–Crippen LogP) is 8.92. The molecule has 0 radical (unpaired) electrons. The van der Waals surface area contributed by atoms with E-state index < -0.39 is 5.97 Å². The van der Waals surface area contributed by atoms with Crippen molar-refractivity contribution in [1.82, 2.24) is 4.57 Å². The monoisotopic (exact) mass is 545 g/mol. The summed E-state index contributed by atoms with van der Waals surface area (Å²) in [5, 5.41) is 0. The van der Waals surface area contributed by atoms with Gasteiger partial charge in [0.25, 0.3) is 0 Å². The number of hydrogen-bond acceptors (Lipinski definition) is 5. The molecule has 0 saturated heterocycles. The van der Waals surface area contributed by atoms with Crippen LogP contribution in [0.4, 0.5) is 0 Å². The lowest BCUT2D eigenvalue weighted by atomic mass is 10.0. The number of nitrogens with zero attached hydrogens (tertiary/aromatic N) is 1. The van der Waals surface area contributed by atoms with Crippen molar-refractivity contribution in [3.05, 3.63) is 70.2 Å². The Morgan fingerprint density at radius 1 is 0.974 bits per heavy atom. The molecular formula is C33H55NO5. The Kier molecular flexibility index (Phi) is 24.6. The number of ether oxygens (including phenoxy) is 3. The van der Waals surface area contributed by atoms with Crippen molar-refractivity contribution in [1.29, 1.82) is 0 Å². The molecule has 0 fully saturated rings. The number of benzene rings is 1. The van der Waals surface area contributed by atoms with Crippen molar-refractivity contribution in [2.75, 3.05) is 21.3 Å². The molecule has 0 atom stereocenters. The number of rotatable bonds is 8. The van der Waals surface area contributed by atoms with E-state index in [1.54, 1.807) is 20.4 Å². The number of carbonyl (C=O) groups is 1. The summed E-state index contributed by atoms with van der Waals surface area (Å²) >= 11 is 0. The van der Waals surface area contributed by atoms with Crippen LogP contribution in [0.3, 0.4) is 0 Å². The lowest BCUT2D eigenvalue weighted by Crippen LogP contribution is -2.21. The molecule has 0 amide bonds. The van der Waals surface area contributed by atoms with Gasteiger partial charge >= 0.3 is 5.97 Å². The maximum atomic E-state index is 12.4. The van der Waals surface area contributed by atoms with Crippen molar-refractivity contribution < 1.29 is 19.0 Å². The van der Waals surface area contributed by atoms with Crippen LogP contribution in [0.5, 0.6) is 11.5 Å². The van der Waals surface area contributed by atoms with E-state index in [0.29, 0.717) is 29.3 Å². The van der Waals surface area contributed by atoms with Gasteiger partial charge in [-0.25, -0.2) is 4.79 Å². The highest BCUT2D eigenvalue weighted by atomic mass is 16.5. The molecule has 0 bridgehead atoms. The first-order valence-electron chi connectivity index (χ1n) is 14.0. The molecule has 1 heterocycles. The lowest BCUT2D eigenvalue weighted by molar-refractivity contribution is 0.0598. The van der Waals surface area contributed by atoms with Gasteiger partial charge in [-0.15, -0.1) is 0 Å². The van der Waals surface area contributed by atoms with E-state index in [2.05, 4.69) is 27.4 Å². The summed E-state index contributed by atoms with van der Waals surface area (Å²) in [6, 6.07) is 7.04. The molecule has 1 aromatic heterocycles. The topological polar surface area (TPSA) is 66.8 Å². The third-order valence-corrected chi connectivity index (χ3v) is 4.54. The third kappa shape index (κ3) is 13.9. The SMILES string of the molecule is C=C(/C=C(\C)c1cc(=O)c(C(=O)OC)cn1CCC)c1cccc(OC)c1OC.CC.CC.CC.CC(C)C. The van der Waals surface area contributed by atoms with Crippen molar-refractivity contribution in [2.45, 2.75) is 89.1 Å². The summed E-state index contributed by atoms with van der Waals surface area (Å²) < 4.78 is 17.4. The van der Waals surface area contributed by atoms with E-state index in [0.717, 1.165) is 23.5 Å². The first-order valence-corrected chi connectivity index (χ1v) is 14.0. The Labute approximate surface area is 238 Å². The molecule has 6 heteroatoms. The second-order valence-corrected chi connectivity index (χ2v) is 8.25. The van der Waals surface area contributed by atoms with Crippen molar-refractivity contribution >= 4 is 17.1 Å². The highest BCUT2D eigenvalue weighted by molar-refractivity contribution is 5.89. The predicted molar refractivity (Wildman–Crippen MR) is 169 cm³/mol. The first-order chi connectivity index (χ1) is 18.6. The van der Waals surface area contributed by atoms with Gasteiger partial charge in [-0.3, -0.25) is 4.79 Å². The largest absolute Gasteiger partial charge is 0.493 e. The van der Waals surface area contributed by atoms with Crippen LogP contribution in [-0.4, -0.2) is 31.9 Å². The maximum absolute atomic E-state index is 12.4. The highest BCUT2D eigenvalue weighted by Crippen LogP contribution is 2.35. The molecule has 222 valence electrons. The number of hydrogen-bond donors (Lipinski definition) is 0. The number of para-hydroxylation sites is 1. The first kappa shape index (κ1) is 40.2. The van der Waals surface area contributed by atoms with Crippen molar-refractivity contribution in [2.24, 2.45) is 5.92 Å². The summed E-state index contributed by atoms with van der Waals surface area (Å²) in [4.78, 5) is 24.3. The molecule has 0 unspecified atom stereocenters. The average molecular weight is 546 g/mol. The summed E-state index contributed by atoms with van der Waals surface area (Å²) in [5.41, 5.74) is 2.70. The van der Waals surface area contributed by atoms with Crippen LogP contribution in [0.1, 0.15) is 104 Å². The van der Waals surface area contributed by atoms with Gasteiger partial charge in [0.05, 0.1) is 21.3 Å². The van der Waals surface area contributed by atoms with Crippen LogP contribution >= 0.6 is 0 Å². The molecule has 0 aliphatic rings. The number of allylic oxidation sites excluding steroid dienone is 3. The lowest BCUT2D eigenvalue weighted by Gasteiger charge is -2.16. The Bertz CT molecular complexity index is 1050. The van der Waals surface area contributed by atoms with Gasteiger partial charge in [-0.1, -0.05) is 87.9 Å². The number of pyridine rings is 1. The molecule has 6 nitrogen and oxygen atoms in total. The second-order valence-electron chi connectivity index (χ2n) is 8.25. The number of esters is 1. The van der Waals surface area contributed by atoms with Crippen LogP contribution in [0.15, 0.2) is 47.9 Å². The van der Waals surface area contributed by atoms with E-state index >= 15 is 0 Å². The zero-order valence-corrected chi connectivity index (χ0v) is 27.2. The molecule has 0 saturated carbocycles. The van der Waals surface area contributed by atoms with E-state index in [1.165, 1.54) is 13.2 Å². The normalized spacial score (nSPS) is 9.67. The van der Waals surface area contributed by atoms with Crippen LogP contribution in [-0.2, 0) is 11.3 Å². The molecule has 0 aliphatic heterocycles. The van der Waals surface area contributed by atoms with Gasteiger partial charge in [-0.2, -0.15) is 0 Å². The summed E-state index contributed by atoms with van der Waals surface area (Å²) in [6.45, 7) is 27.2. The molecule has 39 heavy (non-hydrogen) atoms.